The van der Waals surface area contributed by atoms with Gasteiger partial charge >= 0.3 is 6.09 Å². The van der Waals surface area contributed by atoms with Crippen molar-refractivity contribution in [2.24, 2.45) is 0 Å². The Morgan fingerprint density at radius 3 is 2.63 bits per heavy atom. The summed E-state index contributed by atoms with van der Waals surface area (Å²) in [5, 5.41) is 5.27. The molecule has 30 heavy (non-hydrogen) atoms. The molecule has 0 unspecified atom stereocenters. The van der Waals surface area contributed by atoms with E-state index in [0.717, 1.165) is 29.2 Å². The highest BCUT2D eigenvalue weighted by Gasteiger charge is 2.28. The number of carbonyl (C=O) groups is 2. The van der Waals surface area contributed by atoms with Crippen molar-refractivity contribution in [2.75, 3.05) is 19.7 Å². The molecule has 1 heterocycles. The van der Waals surface area contributed by atoms with Crippen molar-refractivity contribution >= 4 is 22.8 Å². The predicted octanol–water partition coefficient (Wildman–Crippen LogP) is 4.43. The number of nitrogens with zero attached hydrogens (tertiary/aromatic N) is 1. The first kappa shape index (κ1) is 22.1. The quantitative estimate of drug-likeness (QED) is 0.762. The van der Waals surface area contributed by atoms with Crippen molar-refractivity contribution in [1.29, 1.82) is 0 Å². The molecule has 2 atom stereocenters. The summed E-state index contributed by atoms with van der Waals surface area (Å²) in [6.07, 6.45) is 1.30. The summed E-state index contributed by atoms with van der Waals surface area (Å²) in [7, 11) is 0. The van der Waals surface area contributed by atoms with Gasteiger partial charge in [0.05, 0.1) is 18.7 Å². The fourth-order valence-corrected chi connectivity index (χ4v) is 3.73. The van der Waals surface area contributed by atoms with Crippen LogP contribution in [0.3, 0.4) is 0 Å². The predicted molar refractivity (Wildman–Crippen MR) is 117 cm³/mol. The second-order valence-corrected chi connectivity index (χ2v) is 8.85. The van der Waals surface area contributed by atoms with Gasteiger partial charge in [-0.1, -0.05) is 42.5 Å². The Morgan fingerprint density at radius 2 is 1.93 bits per heavy atom. The van der Waals surface area contributed by atoms with Crippen molar-refractivity contribution in [3.8, 4) is 0 Å². The second-order valence-electron chi connectivity index (χ2n) is 8.85. The number of amides is 2. The average molecular weight is 413 g/mol. The summed E-state index contributed by atoms with van der Waals surface area (Å²) in [4.78, 5) is 26.9. The third kappa shape index (κ3) is 5.95. The molecule has 3 rings (SSSR count). The molecular formula is C24H32N2O4. The van der Waals surface area contributed by atoms with E-state index in [1.165, 1.54) is 4.90 Å². The lowest BCUT2D eigenvalue weighted by molar-refractivity contribution is -0.123. The molecule has 1 N–H and O–H groups in total. The third-order valence-corrected chi connectivity index (χ3v) is 5.10. The molecule has 6 heteroatoms. The molecule has 162 valence electrons. The van der Waals surface area contributed by atoms with Crippen molar-refractivity contribution in [3.05, 3.63) is 48.0 Å². The van der Waals surface area contributed by atoms with Crippen LogP contribution in [0.25, 0.3) is 10.8 Å². The number of fused-ring (bicyclic) bond motifs is 1. The second kappa shape index (κ2) is 9.47. The van der Waals surface area contributed by atoms with Crippen molar-refractivity contribution in [1.82, 2.24) is 10.2 Å². The smallest absolute Gasteiger partial charge is 0.410 e. The minimum Gasteiger partial charge on any atom is -0.444 e. The zero-order valence-electron chi connectivity index (χ0n) is 18.3. The fourth-order valence-electron chi connectivity index (χ4n) is 3.73. The van der Waals surface area contributed by atoms with Crippen LogP contribution in [-0.4, -0.2) is 48.3 Å². The topological polar surface area (TPSA) is 67.9 Å². The van der Waals surface area contributed by atoms with Crippen molar-refractivity contribution in [2.45, 2.75) is 58.3 Å². The first-order valence-corrected chi connectivity index (χ1v) is 10.6. The van der Waals surface area contributed by atoms with Crippen LogP contribution in [0.4, 0.5) is 4.79 Å². The molecule has 2 aromatic carbocycles. The molecule has 1 saturated heterocycles. The van der Waals surface area contributed by atoms with Crippen LogP contribution in [0.15, 0.2) is 42.5 Å². The highest BCUT2D eigenvalue weighted by Crippen LogP contribution is 2.24. The van der Waals surface area contributed by atoms with E-state index in [1.807, 2.05) is 52.0 Å². The minimum absolute atomic E-state index is 0.0548. The first-order chi connectivity index (χ1) is 14.2. The lowest BCUT2D eigenvalue weighted by Crippen LogP contribution is -2.46. The molecule has 0 spiro atoms. The number of hydrogen-bond donors (Lipinski definition) is 1. The van der Waals surface area contributed by atoms with Crippen LogP contribution in [0.1, 0.15) is 52.1 Å². The maximum atomic E-state index is 12.8. The van der Waals surface area contributed by atoms with Gasteiger partial charge in [0, 0.05) is 6.61 Å². The molecule has 2 aromatic rings. The van der Waals surface area contributed by atoms with E-state index >= 15 is 0 Å². The van der Waals surface area contributed by atoms with Gasteiger partial charge in [0.15, 0.2) is 0 Å². The molecule has 0 radical (unpaired) electrons. The zero-order chi connectivity index (χ0) is 21.7. The highest BCUT2D eigenvalue weighted by molar-refractivity contribution is 5.87. The number of hydrogen-bond acceptors (Lipinski definition) is 4. The van der Waals surface area contributed by atoms with E-state index in [9.17, 15) is 9.59 Å². The Kier molecular flexibility index (Phi) is 6.98. The number of carbonyl (C=O) groups excluding carboxylic acids is 2. The Labute approximate surface area is 178 Å². The monoisotopic (exact) mass is 412 g/mol. The van der Waals surface area contributed by atoms with Gasteiger partial charge in [-0.15, -0.1) is 0 Å². The number of nitrogens with one attached hydrogen (secondary N) is 1. The summed E-state index contributed by atoms with van der Waals surface area (Å²) >= 11 is 0. The normalized spacial score (nSPS) is 17.5. The summed E-state index contributed by atoms with van der Waals surface area (Å²) < 4.78 is 11.2. The van der Waals surface area contributed by atoms with Gasteiger partial charge in [0.2, 0.25) is 5.91 Å². The molecule has 0 saturated carbocycles. The van der Waals surface area contributed by atoms with Crippen molar-refractivity contribution < 1.29 is 19.1 Å². The maximum absolute atomic E-state index is 12.8. The number of benzene rings is 2. The minimum atomic E-state index is -0.626. The fraction of sp³-hybridized carbons (Fsp3) is 0.500. The summed E-state index contributed by atoms with van der Waals surface area (Å²) in [6, 6.07) is 14.0. The van der Waals surface area contributed by atoms with Crippen LogP contribution in [0.5, 0.6) is 0 Å². The van der Waals surface area contributed by atoms with Crippen LogP contribution in [-0.2, 0) is 14.3 Å². The van der Waals surface area contributed by atoms with Crippen LogP contribution < -0.4 is 5.32 Å². The van der Waals surface area contributed by atoms with E-state index < -0.39 is 11.7 Å². The van der Waals surface area contributed by atoms with Crippen LogP contribution in [0, 0.1) is 0 Å². The van der Waals surface area contributed by atoms with E-state index in [-0.39, 0.29) is 24.6 Å². The molecular weight excluding hydrogens is 380 g/mol. The summed E-state index contributed by atoms with van der Waals surface area (Å²) in [5.41, 5.74) is 0.419. The van der Waals surface area contributed by atoms with E-state index in [4.69, 9.17) is 9.47 Å². The van der Waals surface area contributed by atoms with E-state index in [1.54, 1.807) is 0 Å². The molecule has 0 aliphatic carbocycles. The maximum Gasteiger partial charge on any atom is 0.410 e. The lowest BCUT2D eigenvalue weighted by atomic mass is 10.00. The first-order valence-electron chi connectivity index (χ1n) is 10.6. The van der Waals surface area contributed by atoms with Crippen LogP contribution >= 0.6 is 0 Å². The molecule has 2 amide bonds. The highest BCUT2D eigenvalue weighted by atomic mass is 16.6. The molecule has 1 aliphatic heterocycles. The van der Waals surface area contributed by atoms with E-state index in [0.29, 0.717) is 13.2 Å². The third-order valence-electron chi connectivity index (χ3n) is 5.10. The van der Waals surface area contributed by atoms with Gasteiger partial charge < -0.3 is 14.8 Å². The molecule has 0 aromatic heterocycles. The number of ether oxygens (including phenoxy) is 2. The largest absolute Gasteiger partial charge is 0.444 e. The SMILES string of the molecule is C[C@H](NC(=O)CN(C[C@@H]1CCCO1)C(=O)OC(C)(C)C)c1cccc2ccccc12. The molecule has 1 aliphatic rings. The standard InChI is InChI=1S/C24H32N2O4/c1-17(20-13-7-10-18-9-5-6-12-21(18)20)25-22(27)16-26(15-19-11-8-14-29-19)23(28)30-24(2,3)4/h5-7,9-10,12-13,17,19H,8,11,14-16H2,1-4H3,(H,25,27)/t17-,19-/m0/s1. The molecule has 6 nitrogen and oxygen atoms in total. The Hall–Kier alpha value is -2.60. The van der Waals surface area contributed by atoms with Gasteiger partial charge in [-0.3, -0.25) is 9.69 Å². The summed E-state index contributed by atoms with van der Waals surface area (Å²) in [5.74, 6) is -0.223. The zero-order valence-corrected chi connectivity index (χ0v) is 18.3. The Balaban J connectivity index is 1.68. The lowest BCUT2D eigenvalue weighted by Gasteiger charge is -2.29. The average Bonchev–Trinajstić information content (AvgIpc) is 3.18. The van der Waals surface area contributed by atoms with Gasteiger partial charge in [-0.2, -0.15) is 0 Å². The van der Waals surface area contributed by atoms with Gasteiger partial charge in [-0.25, -0.2) is 4.79 Å². The number of rotatable bonds is 6. The van der Waals surface area contributed by atoms with E-state index in [2.05, 4.69) is 23.5 Å². The van der Waals surface area contributed by atoms with Gasteiger partial charge in [0.25, 0.3) is 0 Å². The summed E-state index contributed by atoms with van der Waals surface area (Å²) in [6.45, 7) is 8.39. The van der Waals surface area contributed by atoms with Gasteiger partial charge in [-0.05, 0) is 56.9 Å². The van der Waals surface area contributed by atoms with Crippen molar-refractivity contribution in [3.63, 3.8) is 0 Å². The van der Waals surface area contributed by atoms with Crippen LogP contribution in [0.2, 0.25) is 0 Å². The molecule has 0 bridgehead atoms. The molecule has 1 fully saturated rings. The van der Waals surface area contributed by atoms with Gasteiger partial charge in [0.1, 0.15) is 12.1 Å². The Morgan fingerprint density at radius 1 is 1.20 bits per heavy atom. The Bertz CT molecular complexity index is 879.